The Bertz CT molecular complexity index is 644. The monoisotopic (exact) mass is 288 g/mol. The smallest absolute Gasteiger partial charge is 0.306 e. The van der Waals surface area contributed by atoms with Crippen LogP contribution in [0.2, 0.25) is 0 Å². The number of rotatable bonds is 4. The van der Waals surface area contributed by atoms with Crippen LogP contribution in [0.15, 0.2) is 18.6 Å². The summed E-state index contributed by atoms with van der Waals surface area (Å²) >= 11 is 0. The number of carbonyl (C=O) groups is 1. The summed E-state index contributed by atoms with van der Waals surface area (Å²) in [7, 11) is 1.96. The van der Waals surface area contributed by atoms with Crippen LogP contribution in [-0.2, 0) is 11.8 Å². The number of imidazole rings is 1. The number of aryl methyl sites for hydroxylation is 1. The molecule has 0 aliphatic heterocycles. The number of pyridine rings is 1. The van der Waals surface area contributed by atoms with E-state index in [9.17, 15) is 4.79 Å². The summed E-state index contributed by atoms with van der Waals surface area (Å²) in [5.74, 6) is 0.523. The highest BCUT2D eigenvalue weighted by atomic mass is 16.4. The number of fused-ring (bicyclic) bond motifs is 1. The highest BCUT2D eigenvalue weighted by Crippen LogP contribution is 2.29. The zero-order valence-electron chi connectivity index (χ0n) is 12.1. The van der Waals surface area contributed by atoms with Crippen molar-refractivity contribution in [2.75, 3.05) is 11.9 Å². The van der Waals surface area contributed by atoms with Gasteiger partial charge in [-0.3, -0.25) is 4.79 Å². The van der Waals surface area contributed by atoms with Crippen LogP contribution >= 0.6 is 0 Å². The van der Waals surface area contributed by atoms with Gasteiger partial charge in [-0.05, 0) is 37.7 Å². The molecule has 0 spiro atoms. The largest absolute Gasteiger partial charge is 0.481 e. The lowest BCUT2D eigenvalue weighted by Gasteiger charge is -2.26. The third-order valence-corrected chi connectivity index (χ3v) is 4.40. The maximum atomic E-state index is 11.0. The van der Waals surface area contributed by atoms with Crippen LogP contribution in [0.5, 0.6) is 0 Å². The summed E-state index contributed by atoms with van der Waals surface area (Å²) in [6.45, 7) is 0.828. The molecule has 2 aromatic rings. The van der Waals surface area contributed by atoms with Crippen LogP contribution in [0.4, 0.5) is 5.82 Å². The van der Waals surface area contributed by atoms with Gasteiger partial charge < -0.3 is 15.0 Å². The van der Waals surface area contributed by atoms with Crippen molar-refractivity contribution < 1.29 is 9.90 Å². The molecule has 1 saturated carbocycles. The van der Waals surface area contributed by atoms with Gasteiger partial charge in [0.25, 0.3) is 0 Å². The lowest BCUT2D eigenvalue weighted by atomic mass is 9.82. The molecule has 6 heteroatoms. The molecule has 0 amide bonds. The molecule has 0 bridgehead atoms. The van der Waals surface area contributed by atoms with Crippen molar-refractivity contribution in [3.63, 3.8) is 0 Å². The van der Waals surface area contributed by atoms with Gasteiger partial charge in [0.1, 0.15) is 5.52 Å². The van der Waals surface area contributed by atoms with Crippen molar-refractivity contribution in [3.8, 4) is 0 Å². The normalized spacial score (nSPS) is 22.3. The average Bonchev–Trinajstić information content (AvgIpc) is 2.88. The van der Waals surface area contributed by atoms with Gasteiger partial charge in [-0.2, -0.15) is 0 Å². The van der Waals surface area contributed by atoms with Crippen molar-refractivity contribution in [1.82, 2.24) is 14.5 Å². The fourth-order valence-corrected chi connectivity index (χ4v) is 3.05. The van der Waals surface area contributed by atoms with Crippen molar-refractivity contribution in [2.24, 2.45) is 18.9 Å². The van der Waals surface area contributed by atoms with E-state index in [1.807, 2.05) is 17.7 Å². The Morgan fingerprint density at radius 1 is 1.38 bits per heavy atom. The van der Waals surface area contributed by atoms with E-state index in [1.165, 1.54) is 0 Å². The van der Waals surface area contributed by atoms with E-state index in [4.69, 9.17) is 5.11 Å². The van der Waals surface area contributed by atoms with Crippen LogP contribution in [0.1, 0.15) is 25.7 Å². The fourth-order valence-electron chi connectivity index (χ4n) is 3.05. The van der Waals surface area contributed by atoms with Gasteiger partial charge in [-0.25, -0.2) is 9.97 Å². The second kappa shape index (κ2) is 5.71. The van der Waals surface area contributed by atoms with Crippen molar-refractivity contribution in [3.05, 3.63) is 18.6 Å². The lowest BCUT2D eigenvalue weighted by Crippen LogP contribution is -2.25. The molecular weight excluding hydrogens is 268 g/mol. The van der Waals surface area contributed by atoms with Gasteiger partial charge in [-0.1, -0.05) is 0 Å². The van der Waals surface area contributed by atoms with Gasteiger partial charge in [-0.15, -0.1) is 0 Å². The van der Waals surface area contributed by atoms with Crippen LogP contribution in [-0.4, -0.2) is 32.2 Å². The maximum absolute atomic E-state index is 11.0. The zero-order chi connectivity index (χ0) is 14.8. The molecule has 0 saturated heterocycles. The van der Waals surface area contributed by atoms with E-state index >= 15 is 0 Å². The SMILES string of the molecule is Cn1cnc2c(NCC3CCC(C(=O)O)CC3)nccc21. The van der Waals surface area contributed by atoms with E-state index in [0.717, 1.165) is 49.1 Å². The molecule has 0 aromatic carbocycles. The molecule has 21 heavy (non-hydrogen) atoms. The Morgan fingerprint density at radius 3 is 2.86 bits per heavy atom. The van der Waals surface area contributed by atoms with E-state index < -0.39 is 5.97 Å². The van der Waals surface area contributed by atoms with Gasteiger partial charge in [0.2, 0.25) is 0 Å². The minimum absolute atomic E-state index is 0.154. The fraction of sp³-hybridized carbons (Fsp3) is 0.533. The highest BCUT2D eigenvalue weighted by Gasteiger charge is 2.25. The average molecular weight is 288 g/mol. The maximum Gasteiger partial charge on any atom is 0.306 e. The van der Waals surface area contributed by atoms with Crippen LogP contribution in [0, 0.1) is 11.8 Å². The standard InChI is InChI=1S/C15H20N4O2/c1-19-9-18-13-12(19)6-7-16-14(13)17-8-10-2-4-11(5-3-10)15(20)21/h6-7,9-11H,2-5,8H2,1H3,(H,16,17)(H,20,21). The summed E-state index contributed by atoms with van der Waals surface area (Å²) in [5.41, 5.74) is 1.95. The van der Waals surface area contributed by atoms with E-state index in [0.29, 0.717) is 5.92 Å². The summed E-state index contributed by atoms with van der Waals surface area (Å²) in [5, 5.41) is 12.4. The Balaban J connectivity index is 1.61. The Hall–Kier alpha value is -2.11. The molecular formula is C15H20N4O2. The van der Waals surface area contributed by atoms with Crippen molar-refractivity contribution in [2.45, 2.75) is 25.7 Å². The van der Waals surface area contributed by atoms with Crippen LogP contribution < -0.4 is 5.32 Å². The first-order valence-corrected chi connectivity index (χ1v) is 7.38. The van der Waals surface area contributed by atoms with Gasteiger partial charge >= 0.3 is 5.97 Å². The number of nitrogens with zero attached hydrogens (tertiary/aromatic N) is 3. The zero-order valence-corrected chi connectivity index (χ0v) is 12.1. The third kappa shape index (κ3) is 2.84. The number of carboxylic acids is 1. The second-order valence-corrected chi connectivity index (χ2v) is 5.82. The Morgan fingerprint density at radius 2 is 2.14 bits per heavy atom. The van der Waals surface area contributed by atoms with E-state index in [1.54, 1.807) is 12.5 Å². The number of hydrogen-bond donors (Lipinski definition) is 2. The van der Waals surface area contributed by atoms with Gasteiger partial charge in [0, 0.05) is 19.8 Å². The quantitative estimate of drug-likeness (QED) is 0.902. The molecule has 0 atom stereocenters. The van der Waals surface area contributed by atoms with Crippen LogP contribution in [0.3, 0.4) is 0 Å². The number of nitrogens with one attached hydrogen (secondary N) is 1. The van der Waals surface area contributed by atoms with Gasteiger partial charge in [0.15, 0.2) is 5.82 Å². The first-order chi connectivity index (χ1) is 10.1. The molecule has 2 aromatic heterocycles. The summed E-state index contributed by atoms with van der Waals surface area (Å²) < 4.78 is 1.97. The van der Waals surface area contributed by atoms with Crippen molar-refractivity contribution >= 4 is 22.8 Å². The number of aromatic nitrogens is 3. The molecule has 1 aliphatic carbocycles. The number of carboxylic acid groups (broad SMARTS) is 1. The highest BCUT2D eigenvalue weighted by molar-refractivity contribution is 5.85. The minimum Gasteiger partial charge on any atom is -0.481 e. The lowest BCUT2D eigenvalue weighted by molar-refractivity contribution is -0.143. The summed E-state index contributed by atoms with van der Waals surface area (Å²) in [4.78, 5) is 19.7. The topological polar surface area (TPSA) is 80.0 Å². The minimum atomic E-state index is -0.652. The molecule has 2 heterocycles. The predicted octanol–water partition coefficient (Wildman–Crippen LogP) is 2.27. The molecule has 1 fully saturated rings. The Labute approximate surface area is 123 Å². The first-order valence-electron chi connectivity index (χ1n) is 7.38. The Kier molecular flexibility index (Phi) is 3.77. The predicted molar refractivity (Wildman–Crippen MR) is 80.1 cm³/mol. The summed E-state index contributed by atoms with van der Waals surface area (Å²) in [6.07, 6.45) is 7.05. The number of hydrogen-bond acceptors (Lipinski definition) is 4. The molecule has 2 N–H and O–H groups in total. The number of anilines is 1. The molecule has 3 rings (SSSR count). The number of aliphatic carboxylic acids is 1. The molecule has 0 radical (unpaired) electrons. The molecule has 0 unspecified atom stereocenters. The molecule has 6 nitrogen and oxygen atoms in total. The van der Waals surface area contributed by atoms with Gasteiger partial charge in [0.05, 0.1) is 17.8 Å². The third-order valence-electron chi connectivity index (χ3n) is 4.40. The van der Waals surface area contributed by atoms with E-state index in [-0.39, 0.29) is 5.92 Å². The molecule has 112 valence electrons. The summed E-state index contributed by atoms with van der Waals surface area (Å²) in [6, 6.07) is 1.95. The first kappa shape index (κ1) is 13.9. The van der Waals surface area contributed by atoms with Crippen LogP contribution in [0.25, 0.3) is 11.0 Å². The van der Waals surface area contributed by atoms with E-state index in [2.05, 4.69) is 15.3 Å². The van der Waals surface area contributed by atoms with Crippen molar-refractivity contribution in [1.29, 1.82) is 0 Å². The molecule has 1 aliphatic rings. The second-order valence-electron chi connectivity index (χ2n) is 5.82.